The Labute approximate surface area is 205 Å². The molecule has 0 amide bonds. The molecule has 11 nitrogen and oxygen atoms in total. The monoisotopic (exact) mass is 492 g/mol. The zero-order valence-corrected chi connectivity index (χ0v) is 19.6. The van der Waals surface area contributed by atoms with Gasteiger partial charge in [-0.3, -0.25) is 10.1 Å². The Balaban J connectivity index is 1.47. The van der Waals surface area contributed by atoms with Crippen molar-refractivity contribution in [2.24, 2.45) is 5.10 Å². The molecule has 0 spiro atoms. The third-order valence-electron chi connectivity index (χ3n) is 4.73. The predicted octanol–water partition coefficient (Wildman–Crippen LogP) is 4.82. The summed E-state index contributed by atoms with van der Waals surface area (Å²) in [5.74, 6) is 1.87. The van der Waals surface area contributed by atoms with Crippen molar-refractivity contribution in [2.45, 2.75) is 6.54 Å². The number of halogens is 1. The van der Waals surface area contributed by atoms with Crippen LogP contribution < -0.4 is 15.6 Å². The van der Waals surface area contributed by atoms with Crippen molar-refractivity contribution >= 4 is 41.3 Å². The molecule has 0 saturated carbocycles. The highest BCUT2D eigenvalue weighted by Gasteiger charge is 2.14. The van der Waals surface area contributed by atoms with Gasteiger partial charge in [0.1, 0.15) is 11.5 Å². The Morgan fingerprint density at radius 3 is 2.60 bits per heavy atom. The molecule has 4 rings (SSSR count). The van der Waals surface area contributed by atoms with Crippen LogP contribution in [0.4, 0.5) is 23.5 Å². The highest BCUT2D eigenvalue weighted by atomic mass is 35.5. The van der Waals surface area contributed by atoms with E-state index in [1.807, 2.05) is 44.4 Å². The van der Waals surface area contributed by atoms with Crippen molar-refractivity contribution in [3.63, 3.8) is 0 Å². The summed E-state index contributed by atoms with van der Waals surface area (Å²) in [7, 11) is 3.65. The maximum atomic E-state index is 11.1. The molecule has 0 radical (unpaired) electrons. The molecule has 4 aromatic rings. The summed E-state index contributed by atoms with van der Waals surface area (Å²) in [6, 6.07) is 17.4. The van der Waals surface area contributed by atoms with Crippen molar-refractivity contribution in [3.05, 3.63) is 87.1 Å². The van der Waals surface area contributed by atoms with Crippen LogP contribution in [0, 0.1) is 10.1 Å². The Morgan fingerprint density at radius 2 is 1.86 bits per heavy atom. The molecule has 0 atom stereocenters. The number of nitro benzene ring substituents is 1. The zero-order valence-electron chi connectivity index (χ0n) is 18.8. The largest absolute Gasteiger partial charge is 0.455 e. The number of benzene rings is 2. The van der Waals surface area contributed by atoms with Crippen molar-refractivity contribution in [1.82, 2.24) is 15.0 Å². The van der Waals surface area contributed by atoms with Gasteiger partial charge in [-0.25, -0.2) is 5.43 Å². The molecule has 2 heterocycles. The highest BCUT2D eigenvalue weighted by molar-refractivity contribution is 6.33. The van der Waals surface area contributed by atoms with Gasteiger partial charge in [0.15, 0.2) is 0 Å². The summed E-state index contributed by atoms with van der Waals surface area (Å²) in [4.78, 5) is 25.4. The first kappa shape index (κ1) is 23.6. The van der Waals surface area contributed by atoms with Crippen molar-refractivity contribution in [1.29, 1.82) is 0 Å². The van der Waals surface area contributed by atoms with Crippen LogP contribution in [-0.4, -0.2) is 40.2 Å². The van der Waals surface area contributed by atoms with Crippen molar-refractivity contribution in [2.75, 3.05) is 29.7 Å². The summed E-state index contributed by atoms with van der Waals surface area (Å²) in [6.45, 7) is 0.551. The first-order valence-corrected chi connectivity index (χ1v) is 10.8. The molecule has 0 aliphatic heterocycles. The Bertz CT molecular complexity index is 1360. The number of hydrogen-bond donors (Lipinski definition) is 2. The van der Waals surface area contributed by atoms with Gasteiger partial charge in [-0.1, -0.05) is 41.9 Å². The zero-order chi connectivity index (χ0) is 24.8. The molecule has 2 aromatic heterocycles. The Kier molecular flexibility index (Phi) is 7.17. The third kappa shape index (κ3) is 6.09. The molecule has 0 bridgehead atoms. The van der Waals surface area contributed by atoms with E-state index in [9.17, 15) is 10.1 Å². The molecular formula is C23H21ClN8O3. The number of nitrogens with one attached hydrogen (secondary N) is 2. The van der Waals surface area contributed by atoms with Crippen LogP contribution in [0.3, 0.4) is 0 Å². The van der Waals surface area contributed by atoms with Crippen LogP contribution in [0.2, 0.25) is 5.02 Å². The number of nitrogens with zero attached hydrogens (tertiary/aromatic N) is 6. The van der Waals surface area contributed by atoms with Crippen LogP contribution in [0.1, 0.15) is 11.3 Å². The number of aromatic nitrogens is 3. The van der Waals surface area contributed by atoms with Gasteiger partial charge in [0.05, 0.1) is 16.2 Å². The van der Waals surface area contributed by atoms with E-state index in [4.69, 9.17) is 16.0 Å². The van der Waals surface area contributed by atoms with E-state index in [1.54, 1.807) is 17.0 Å². The van der Waals surface area contributed by atoms with Crippen LogP contribution in [0.15, 0.2) is 70.2 Å². The molecule has 2 aromatic carbocycles. The maximum absolute atomic E-state index is 11.1. The molecule has 0 unspecified atom stereocenters. The van der Waals surface area contributed by atoms with Crippen molar-refractivity contribution in [3.8, 4) is 11.3 Å². The lowest BCUT2D eigenvalue weighted by atomic mass is 10.1. The fourth-order valence-corrected chi connectivity index (χ4v) is 3.22. The second-order valence-corrected chi connectivity index (χ2v) is 7.92. The number of furan rings is 1. The molecule has 35 heavy (non-hydrogen) atoms. The molecule has 178 valence electrons. The fourth-order valence-electron chi connectivity index (χ4n) is 3.01. The van der Waals surface area contributed by atoms with Gasteiger partial charge in [0, 0.05) is 38.3 Å². The molecule has 0 saturated heterocycles. The molecule has 12 heteroatoms. The minimum atomic E-state index is -0.491. The lowest BCUT2D eigenvalue weighted by Gasteiger charge is -2.13. The standard InChI is InChI=1S/C23H21ClN8O3/c1-31(2)23-28-21(25-13-15-6-4-3-5-7-15)27-22(29-23)30-26-14-17-9-11-20(35-17)18-12-16(32(33)34)8-10-19(18)24/h3-12,14H,13H2,1-2H3,(H2,25,27,28,29,30). The lowest BCUT2D eigenvalue weighted by molar-refractivity contribution is -0.384. The van der Waals surface area contributed by atoms with E-state index >= 15 is 0 Å². The van der Waals surface area contributed by atoms with Gasteiger partial charge in [0.25, 0.3) is 5.69 Å². The highest BCUT2D eigenvalue weighted by Crippen LogP contribution is 2.32. The molecular weight excluding hydrogens is 472 g/mol. The lowest BCUT2D eigenvalue weighted by Crippen LogP contribution is -2.16. The minimum Gasteiger partial charge on any atom is -0.455 e. The summed E-state index contributed by atoms with van der Waals surface area (Å²) in [6.07, 6.45) is 1.44. The van der Waals surface area contributed by atoms with Gasteiger partial charge in [0.2, 0.25) is 17.8 Å². The summed E-state index contributed by atoms with van der Waals surface area (Å²) in [5.41, 5.74) is 4.19. The Morgan fingerprint density at radius 1 is 1.09 bits per heavy atom. The first-order valence-electron chi connectivity index (χ1n) is 10.4. The number of nitro groups is 1. The van der Waals surface area contributed by atoms with Crippen LogP contribution in [0.25, 0.3) is 11.3 Å². The SMILES string of the molecule is CN(C)c1nc(NCc2ccccc2)nc(NN=Cc2ccc(-c3cc([N+](=O)[O-])ccc3Cl)o2)n1. The van der Waals surface area contributed by atoms with Gasteiger partial charge < -0.3 is 14.6 Å². The summed E-state index contributed by atoms with van der Waals surface area (Å²) < 4.78 is 5.73. The predicted molar refractivity (Wildman–Crippen MR) is 135 cm³/mol. The van der Waals surface area contributed by atoms with Gasteiger partial charge >= 0.3 is 0 Å². The number of hydrazone groups is 1. The normalized spacial score (nSPS) is 10.9. The number of anilines is 3. The van der Waals surface area contributed by atoms with E-state index in [0.717, 1.165) is 5.56 Å². The molecule has 2 N–H and O–H groups in total. The quantitative estimate of drug-likeness (QED) is 0.191. The maximum Gasteiger partial charge on any atom is 0.270 e. The average Bonchev–Trinajstić information content (AvgIpc) is 3.32. The second kappa shape index (κ2) is 10.6. The van der Waals surface area contributed by atoms with E-state index in [-0.39, 0.29) is 11.6 Å². The number of rotatable bonds is 9. The molecule has 0 aliphatic rings. The van der Waals surface area contributed by atoms with Gasteiger partial charge in [-0.2, -0.15) is 20.1 Å². The molecule has 0 aliphatic carbocycles. The number of non-ortho nitro benzene ring substituents is 1. The Hall–Kier alpha value is -4.51. The van der Waals surface area contributed by atoms with Crippen LogP contribution in [0.5, 0.6) is 0 Å². The van der Waals surface area contributed by atoms with Crippen LogP contribution in [-0.2, 0) is 6.54 Å². The van der Waals surface area contributed by atoms with Crippen LogP contribution >= 0.6 is 11.6 Å². The van der Waals surface area contributed by atoms with Gasteiger partial charge in [-0.05, 0) is 23.8 Å². The summed E-state index contributed by atoms with van der Waals surface area (Å²) in [5, 5.41) is 18.7. The second-order valence-electron chi connectivity index (χ2n) is 7.51. The van der Waals surface area contributed by atoms with E-state index in [2.05, 4.69) is 30.8 Å². The van der Waals surface area contributed by atoms with E-state index < -0.39 is 4.92 Å². The minimum absolute atomic E-state index is 0.0825. The average molecular weight is 493 g/mol. The number of hydrogen-bond acceptors (Lipinski definition) is 10. The smallest absolute Gasteiger partial charge is 0.270 e. The first-order chi connectivity index (χ1) is 16.9. The van der Waals surface area contributed by atoms with E-state index in [0.29, 0.717) is 40.5 Å². The topological polar surface area (TPSA) is 135 Å². The van der Waals surface area contributed by atoms with Gasteiger partial charge in [-0.15, -0.1) is 0 Å². The van der Waals surface area contributed by atoms with Crippen molar-refractivity contribution < 1.29 is 9.34 Å². The van der Waals surface area contributed by atoms with E-state index in [1.165, 1.54) is 24.4 Å². The fraction of sp³-hybridized carbons (Fsp3) is 0.130. The summed E-state index contributed by atoms with van der Waals surface area (Å²) >= 11 is 6.19. The third-order valence-corrected chi connectivity index (χ3v) is 5.06. The molecule has 0 fully saturated rings.